The van der Waals surface area contributed by atoms with Gasteiger partial charge in [0.05, 0.1) is 5.60 Å². The molecule has 0 aromatic carbocycles. The Bertz CT molecular complexity index is 445. The Morgan fingerprint density at radius 1 is 1.20 bits per heavy atom. The number of ether oxygens (including phenoxy) is 1. The number of aromatic nitrogens is 3. The van der Waals surface area contributed by atoms with E-state index in [0.29, 0.717) is 24.4 Å². The van der Waals surface area contributed by atoms with Gasteiger partial charge < -0.3 is 15.0 Å². The normalized spacial score (nSPS) is 15.5. The maximum Gasteiger partial charge on any atom is 0.243 e. The van der Waals surface area contributed by atoms with Gasteiger partial charge in [0.2, 0.25) is 17.8 Å². The monoisotopic (exact) mass is 281 g/mol. The second-order valence-electron chi connectivity index (χ2n) is 5.44. The molecule has 0 bridgehead atoms. The average Bonchev–Trinajstić information content (AvgIpc) is 2.99. The molecule has 2 heterocycles. The van der Waals surface area contributed by atoms with Crippen LogP contribution in [0.5, 0.6) is 0 Å². The van der Waals surface area contributed by atoms with Crippen molar-refractivity contribution in [2.24, 2.45) is 5.84 Å². The minimum absolute atomic E-state index is 0.295. The Kier molecular flexibility index (Phi) is 4.56. The highest BCUT2D eigenvalue weighted by molar-refractivity contribution is 5.43. The highest BCUT2D eigenvalue weighted by Gasteiger charge is 2.19. The Labute approximate surface area is 119 Å². The van der Waals surface area contributed by atoms with Gasteiger partial charge in [-0.05, 0) is 26.7 Å². The van der Waals surface area contributed by atoms with Crippen LogP contribution in [0.1, 0.15) is 26.7 Å². The van der Waals surface area contributed by atoms with Crippen LogP contribution in [0.4, 0.5) is 17.8 Å². The van der Waals surface area contributed by atoms with Gasteiger partial charge in [0.15, 0.2) is 0 Å². The van der Waals surface area contributed by atoms with Crippen molar-refractivity contribution in [2.45, 2.75) is 32.3 Å². The van der Waals surface area contributed by atoms with Crippen LogP contribution in [-0.2, 0) is 4.74 Å². The molecule has 8 nitrogen and oxygen atoms in total. The predicted octanol–water partition coefficient (Wildman–Crippen LogP) is 0.594. The highest BCUT2D eigenvalue weighted by atomic mass is 16.5. The molecule has 8 heteroatoms. The van der Waals surface area contributed by atoms with Crippen LogP contribution in [0, 0.1) is 0 Å². The zero-order valence-corrected chi connectivity index (χ0v) is 12.3. The number of rotatable bonds is 6. The smallest absolute Gasteiger partial charge is 0.243 e. The number of anilines is 3. The van der Waals surface area contributed by atoms with Gasteiger partial charge in [-0.15, -0.1) is 0 Å². The second-order valence-corrected chi connectivity index (χ2v) is 5.44. The fourth-order valence-corrected chi connectivity index (χ4v) is 1.93. The van der Waals surface area contributed by atoms with E-state index in [0.717, 1.165) is 25.9 Å². The van der Waals surface area contributed by atoms with E-state index >= 15 is 0 Å². The largest absolute Gasteiger partial charge is 0.377 e. The molecule has 1 aromatic heterocycles. The molecule has 1 aliphatic rings. The number of nitrogens with zero attached hydrogens (tertiary/aromatic N) is 4. The Morgan fingerprint density at radius 2 is 1.85 bits per heavy atom. The number of hydrogen-bond donors (Lipinski definition) is 3. The third-order valence-electron chi connectivity index (χ3n) is 3.37. The summed E-state index contributed by atoms with van der Waals surface area (Å²) in [4.78, 5) is 15.1. The number of nitrogen functional groups attached to an aromatic ring is 1. The number of hydrazine groups is 1. The SMILES string of the molecule is COC(C)(C)CNc1nc(NN)nc(N2CCCC2)n1. The summed E-state index contributed by atoms with van der Waals surface area (Å²) < 4.78 is 5.36. The average molecular weight is 281 g/mol. The van der Waals surface area contributed by atoms with E-state index in [1.807, 2.05) is 13.8 Å². The zero-order chi connectivity index (χ0) is 14.6. The first-order valence-electron chi connectivity index (χ1n) is 6.81. The molecule has 0 amide bonds. The summed E-state index contributed by atoms with van der Waals surface area (Å²) in [5.41, 5.74) is 2.19. The van der Waals surface area contributed by atoms with E-state index in [9.17, 15) is 0 Å². The van der Waals surface area contributed by atoms with Crippen molar-refractivity contribution in [3.8, 4) is 0 Å². The Hall–Kier alpha value is -1.67. The van der Waals surface area contributed by atoms with Gasteiger partial charge in [0.1, 0.15) is 0 Å². The fourth-order valence-electron chi connectivity index (χ4n) is 1.93. The van der Waals surface area contributed by atoms with Crippen molar-refractivity contribution in [1.82, 2.24) is 15.0 Å². The second kappa shape index (κ2) is 6.19. The molecule has 112 valence electrons. The highest BCUT2D eigenvalue weighted by Crippen LogP contribution is 2.18. The first kappa shape index (κ1) is 14.7. The quantitative estimate of drug-likeness (QED) is 0.514. The van der Waals surface area contributed by atoms with Crippen LogP contribution in [0.15, 0.2) is 0 Å². The van der Waals surface area contributed by atoms with Crippen molar-refractivity contribution >= 4 is 17.8 Å². The molecule has 1 aromatic rings. The molecule has 0 spiro atoms. The van der Waals surface area contributed by atoms with Crippen LogP contribution < -0.4 is 21.5 Å². The van der Waals surface area contributed by atoms with Crippen LogP contribution >= 0.6 is 0 Å². The van der Waals surface area contributed by atoms with Crippen LogP contribution in [0.2, 0.25) is 0 Å². The van der Waals surface area contributed by atoms with E-state index in [1.54, 1.807) is 7.11 Å². The van der Waals surface area contributed by atoms with Crippen LogP contribution in [0.25, 0.3) is 0 Å². The molecule has 0 saturated carbocycles. The first-order valence-corrected chi connectivity index (χ1v) is 6.81. The van der Waals surface area contributed by atoms with Gasteiger partial charge in [0, 0.05) is 26.7 Å². The molecule has 1 saturated heterocycles. The minimum Gasteiger partial charge on any atom is -0.377 e. The van der Waals surface area contributed by atoms with Crippen molar-refractivity contribution in [3.63, 3.8) is 0 Å². The number of nitrogens with one attached hydrogen (secondary N) is 2. The number of nitrogens with two attached hydrogens (primary N) is 1. The van der Waals surface area contributed by atoms with E-state index in [4.69, 9.17) is 10.6 Å². The molecule has 0 aliphatic carbocycles. The summed E-state index contributed by atoms with van der Waals surface area (Å²) in [6.45, 7) is 6.51. The van der Waals surface area contributed by atoms with E-state index in [2.05, 4.69) is 30.6 Å². The lowest BCUT2D eigenvalue weighted by Crippen LogP contribution is -2.33. The number of methoxy groups -OCH3 is 1. The van der Waals surface area contributed by atoms with E-state index in [1.165, 1.54) is 0 Å². The molecular weight excluding hydrogens is 258 g/mol. The van der Waals surface area contributed by atoms with Crippen LogP contribution in [0.3, 0.4) is 0 Å². The molecule has 4 N–H and O–H groups in total. The fraction of sp³-hybridized carbons (Fsp3) is 0.750. The van der Waals surface area contributed by atoms with Gasteiger partial charge in [-0.3, -0.25) is 5.43 Å². The van der Waals surface area contributed by atoms with Gasteiger partial charge in [-0.1, -0.05) is 0 Å². The van der Waals surface area contributed by atoms with Crippen molar-refractivity contribution < 1.29 is 4.74 Å². The lowest BCUT2D eigenvalue weighted by molar-refractivity contribution is 0.0342. The molecule has 1 aliphatic heterocycles. The zero-order valence-electron chi connectivity index (χ0n) is 12.3. The van der Waals surface area contributed by atoms with E-state index in [-0.39, 0.29) is 5.60 Å². The van der Waals surface area contributed by atoms with Crippen molar-refractivity contribution in [3.05, 3.63) is 0 Å². The van der Waals surface area contributed by atoms with Crippen LogP contribution in [-0.4, -0.2) is 47.3 Å². The topological polar surface area (TPSA) is 101 Å². The molecule has 2 rings (SSSR count). The molecule has 20 heavy (non-hydrogen) atoms. The summed E-state index contributed by atoms with van der Waals surface area (Å²) in [5, 5.41) is 3.16. The molecular formula is C12H23N7O. The predicted molar refractivity (Wildman–Crippen MR) is 78.7 cm³/mol. The van der Waals surface area contributed by atoms with Gasteiger partial charge in [0.25, 0.3) is 0 Å². The lowest BCUT2D eigenvalue weighted by Gasteiger charge is -2.23. The van der Waals surface area contributed by atoms with Gasteiger partial charge >= 0.3 is 0 Å². The first-order chi connectivity index (χ1) is 9.54. The third-order valence-corrected chi connectivity index (χ3v) is 3.37. The number of hydrogen-bond acceptors (Lipinski definition) is 8. The van der Waals surface area contributed by atoms with E-state index < -0.39 is 0 Å². The standard InChI is InChI=1S/C12H23N7O/c1-12(2,20-3)8-14-9-15-10(18-13)17-11(16-9)19-6-4-5-7-19/h4-8,13H2,1-3H3,(H2,14,15,16,17,18). The maximum atomic E-state index is 5.42. The van der Waals surface area contributed by atoms with Crippen molar-refractivity contribution in [1.29, 1.82) is 0 Å². The summed E-state index contributed by atoms with van der Waals surface area (Å²) in [6, 6.07) is 0. The third kappa shape index (κ3) is 3.67. The minimum atomic E-state index is -0.295. The van der Waals surface area contributed by atoms with Gasteiger partial charge in [-0.25, -0.2) is 5.84 Å². The summed E-state index contributed by atoms with van der Waals surface area (Å²) >= 11 is 0. The van der Waals surface area contributed by atoms with Gasteiger partial charge in [-0.2, -0.15) is 15.0 Å². The molecule has 0 unspecified atom stereocenters. The van der Waals surface area contributed by atoms with Crippen molar-refractivity contribution in [2.75, 3.05) is 42.4 Å². The molecule has 0 atom stereocenters. The Morgan fingerprint density at radius 3 is 2.45 bits per heavy atom. The maximum absolute atomic E-state index is 5.42. The molecule has 0 radical (unpaired) electrons. The molecule has 1 fully saturated rings. The summed E-state index contributed by atoms with van der Waals surface area (Å²) in [5.74, 6) is 6.94. The Balaban J connectivity index is 2.13. The summed E-state index contributed by atoms with van der Waals surface area (Å²) in [6.07, 6.45) is 2.33. The lowest BCUT2D eigenvalue weighted by atomic mass is 10.1. The summed E-state index contributed by atoms with van der Waals surface area (Å²) in [7, 11) is 1.68.